The molecular formula is C18H33IN4O3. The summed E-state index contributed by atoms with van der Waals surface area (Å²) in [5.74, 6) is 2.00. The van der Waals surface area contributed by atoms with Crippen LogP contribution in [0.3, 0.4) is 0 Å². The monoisotopic (exact) mass is 480 g/mol. The summed E-state index contributed by atoms with van der Waals surface area (Å²) >= 11 is 0. The molecule has 0 fully saturated rings. The van der Waals surface area contributed by atoms with E-state index in [9.17, 15) is 0 Å². The van der Waals surface area contributed by atoms with E-state index in [1.807, 2.05) is 12.1 Å². The highest BCUT2D eigenvalue weighted by Gasteiger charge is 2.06. The number of nitrogens with one attached hydrogen (secondary N) is 2. The quantitative estimate of drug-likeness (QED) is 0.207. The number of rotatable bonds is 12. The van der Waals surface area contributed by atoms with Crippen LogP contribution in [0.15, 0.2) is 23.3 Å². The smallest absolute Gasteiger partial charge is 0.218 e. The van der Waals surface area contributed by atoms with Gasteiger partial charge in [-0.25, -0.2) is 4.98 Å². The van der Waals surface area contributed by atoms with Gasteiger partial charge in [0.2, 0.25) is 5.88 Å². The average Bonchev–Trinajstić information content (AvgIpc) is 2.61. The lowest BCUT2D eigenvalue weighted by atomic mass is 10.1. The lowest BCUT2D eigenvalue weighted by Gasteiger charge is -2.14. The van der Waals surface area contributed by atoms with Gasteiger partial charge in [0.1, 0.15) is 6.61 Å². The van der Waals surface area contributed by atoms with Gasteiger partial charge in [-0.1, -0.05) is 19.9 Å². The van der Waals surface area contributed by atoms with E-state index in [4.69, 9.17) is 14.2 Å². The van der Waals surface area contributed by atoms with Crippen LogP contribution >= 0.6 is 24.0 Å². The fourth-order valence-electron chi connectivity index (χ4n) is 1.97. The molecule has 0 radical (unpaired) electrons. The lowest BCUT2D eigenvalue weighted by Crippen LogP contribution is -2.38. The molecule has 0 unspecified atom stereocenters. The largest absolute Gasteiger partial charge is 0.475 e. The van der Waals surface area contributed by atoms with Crippen molar-refractivity contribution in [3.63, 3.8) is 0 Å². The van der Waals surface area contributed by atoms with Gasteiger partial charge in [0, 0.05) is 45.6 Å². The SMILES string of the molecule is CN=C(NCCOCCC(C)C)NCc1cccnc1OCCOC.I. The van der Waals surface area contributed by atoms with E-state index in [-0.39, 0.29) is 24.0 Å². The molecule has 0 saturated carbocycles. The molecule has 1 heterocycles. The Morgan fingerprint density at radius 3 is 2.69 bits per heavy atom. The van der Waals surface area contributed by atoms with Crippen LogP contribution in [-0.2, 0) is 16.0 Å². The number of nitrogens with zero attached hydrogens (tertiary/aromatic N) is 2. The maximum absolute atomic E-state index is 5.63. The summed E-state index contributed by atoms with van der Waals surface area (Å²) < 4.78 is 16.2. The molecule has 0 amide bonds. The summed E-state index contributed by atoms with van der Waals surface area (Å²) in [6.45, 7) is 8.13. The highest BCUT2D eigenvalue weighted by atomic mass is 127. The fourth-order valence-corrected chi connectivity index (χ4v) is 1.97. The van der Waals surface area contributed by atoms with Gasteiger partial charge >= 0.3 is 0 Å². The van der Waals surface area contributed by atoms with Crippen molar-refractivity contribution in [2.75, 3.05) is 47.1 Å². The number of hydrogen-bond acceptors (Lipinski definition) is 5. The molecule has 0 bridgehead atoms. The molecule has 1 aromatic rings. The first-order valence-electron chi connectivity index (χ1n) is 8.75. The minimum absolute atomic E-state index is 0. The van der Waals surface area contributed by atoms with Crippen LogP contribution in [0.5, 0.6) is 5.88 Å². The Hall–Kier alpha value is -1.13. The number of aliphatic imine (C=N–C) groups is 1. The van der Waals surface area contributed by atoms with Crippen LogP contribution in [0.4, 0.5) is 0 Å². The molecule has 150 valence electrons. The second-order valence-corrected chi connectivity index (χ2v) is 5.96. The second kappa shape index (κ2) is 16.1. The normalized spacial score (nSPS) is 11.2. The molecule has 0 aromatic carbocycles. The van der Waals surface area contributed by atoms with Gasteiger partial charge in [0.25, 0.3) is 0 Å². The minimum atomic E-state index is 0. The third-order valence-corrected chi connectivity index (χ3v) is 3.42. The first-order chi connectivity index (χ1) is 12.2. The van der Waals surface area contributed by atoms with E-state index < -0.39 is 0 Å². The van der Waals surface area contributed by atoms with Gasteiger partial charge in [0.05, 0.1) is 13.2 Å². The minimum Gasteiger partial charge on any atom is -0.475 e. The average molecular weight is 480 g/mol. The maximum atomic E-state index is 5.63. The molecule has 0 saturated heterocycles. The van der Waals surface area contributed by atoms with Gasteiger partial charge < -0.3 is 24.8 Å². The Labute approximate surface area is 174 Å². The third kappa shape index (κ3) is 11.5. The summed E-state index contributed by atoms with van der Waals surface area (Å²) in [5, 5.41) is 6.49. The van der Waals surface area contributed by atoms with Crippen molar-refractivity contribution in [3.8, 4) is 5.88 Å². The Morgan fingerprint density at radius 2 is 2.00 bits per heavy atom. The molecule has 0 aliphatic carbocycles. The molecule has 0 aliphatic rings. The molecule has 1 rings (SSSR count). The van der Waals surface area contributed by atoms with E-state index in [1.165, 1.54) is 0 Å². The summed E-state index contributed by atoms with van der Waals surface area (Å²) in [6, 6.07) is 3.86. The van der Waals surface area contributed by atoms with Crippen molar-refractivity contribution in [3.05, 3.63) is 23.9 Å². The van der Waals surface area contributed by atoms with Crippen LogP contribution in [0, 0.1) is 5.92 Å². The van der Waals surface area contributed by atoms with Crippen LogP contribution < -0.4 is 15.4 Å². The standard InChI is InChI=1S/C18H32N4O3.HI/c1-15(2)7-10-24-11-9-21-18(19-3)22-14-16-6-5-8-20-17(16)25-13-12-23-4;/h5-6,8,15H,7,9-14H2,1-4H3,(H2,19,21,22);1H. The van der Waals surface area contributed by atoms with Crippen molar-refractivity contribution in [2.24, 2.45) is 10.9 Å². The Kier molecular flexibility index (Phi) is 15.4. The highest BCUT2D eigenvalue weighted by Crippen LogP contribution is 2.13. The number of pyridine rings is 1. The van der Waals surface area contributed by atoms with Crippen molar-refractivity contribution in [1.29, 1.82) is 0 Å². The Morgan fingerprint density at radius 1 is 1.19 bits per heavy atom. The summed E-state index contributed by atoms with van der Waals surface area (Å²) in [7, 11) is 3.39. The third-order valence-electron chi connectivity index (χ3n) is 3.42. The Balaban J connectivity index is 0.00000625. The molecule has 26 heavy (non-hydrogen) atoms. The van der Waals surface area contributed by atoms with Crippen molar-refractivity contribution in [2.45, 2.75) is 26.8 Å². The van der Waals surface area contributed by atoms with Crippen molar-refractivity contribution >= 4 is 29.9 Å². The summed E-state index contributed by atoms with van der Waals surface area (Å²) in [4.78, 5) is 8.48. The zero-order valence-electron chi connectivity index (χ0n) is 16.3. The zero-order chi connectivity index (χ0) is 18.3. The predicted molar refractivity (Wildman–Crippen MR) is 115 cm³/mol. The summed E-state index contributed by atoms with van der Waals surface area (Å²) in [5.41, 5.74) is 0.967. The number of methoxy groups -OCH3 is 1. The molecule has 8 heteroatoms. The van der Waals surface area contributed by atoms with Crippen LogP contribution in [0.2, 0.25) is 0 Å². The topological polar surface area (TPSA) is 77.0 Å². The number of ether oxygens (including phenoxy) is 3. The molecule has 0 spiro atoms. The molecule has 2 N–H and O–H groups in total. The molecule has 0 atom stereocenters. The summed E-state index contributed by atoms with van der Waals surface area (Å²) in [6.07, 6.45) is 2.80. The zero-order valence-corrected chi connectivity index (χ0v) is 18.6. The number of aromatic nitrogens is 1. The Bertz CT molecular complexity index is 501. The maximum Gasteiger partial charge on any atom is 0.218 e. The van der Waals surface area contributed by atoms with E-state index in [0.717, 1.165) is 24.6 Å². The van der Waals surface area contributed by atoms with Crippen LogP contribution in [-0.4, -0.2) is 58.1 Å². The molecule has 1 aromatic heterocycles. The van der Waals surface area contributed by atoms with Crippen molar-refractivity contribution in [1.82, 2.24) is 15.6 Å². The van der Waals surface area contributed by atoms with Crippen LogP contribution in [0.25, 0.3) is 0 Å². The van der Waals surface area contributed by atoms with Crippen LogP contribution in [0.1, 0.15) is 25.8 Å². The highest BCUT2D eigenvalue weighted by molar-refractivity contribution is 14.0. The molecular weight excluding hydrogens is 447 g/mol. The van der Waals surface area contributed by atoms with E-state index in [1.54, 1.807) is 20.4 Å². The number of guanidine groups is 1. The predicted octanol–water partition coefficient (Wildman–Crippen LogP) is 2.45. The van der Waals surface area contributed by atoms with Gasteiger partial charge in [-0.05, 0) is 18.4 Å². The van der Waals surface area contributed by atoms with E-state index >= 15 is 0 Å². The van der Waals surface area contributed by atoms with Gasteiger partial charge in [0.15, 0.2) is 5.96 Å². The number of halogens is 1. The molecule has 0 aliphatic heterocycles. The first kappa shape index (κ1) is 24.9. The van der Waals surface area contributed by atoms with Crippen molar-refractivity contribution < 1.29 is 14.2 Å². The second-order valence-electron chi connectivity index (χ2n) is 5.96. The molecule has 7 nitrogen and oxygen atoms in total. The first-order valence-corrected chi connectivity index (χ1v) is 8.75. The van der Waals surface area contributed by atoms with Gasteiger partial charge in [-0.2, -0.15) is 0 Å². The van der Waals surface area contributed by atoms with Gasteiger partial charge in [-0.3, -0.25) is 4.99 Å². The number of hydrogen-bond donors (Lipinski definition) is 2. The van der Waals surface area contributed by atoms with E-state index in [0.29, 0.717) is 44.7 Å². The lowest BCUT2D eigenvalue weighted by molar-refractivity contribution is 0.128. The van der Waals surface area contributed by atoms with Gasteiger partial charge in [-0.15, -0.1) is 24.0 Å². The fraction of sp³-hybridized carbons (Fsp3) is 0.667. The van der Waals surface area contributed by atoms with E-state index in [2.05, 4.69) is 34.5 Å².